The van der Waals surface area contributed by atoms with Crippen LogP contribution in [-0.4, -0.2) is 44.9 Å². The predicted octanol–water partition coefficient (Wildman–Crippen LogP) is 3.59. The predicted molar refractivity (Wildman–Crippen MR) is 130 cm³/mol. The summed E-state index contributed by atoms with van der Waals surface area (Å²) >= 11 is 0. The summed E-state index contributed by atoms with van der Waals surface area (Å²) in [6, 6.07) is 8.47. The third kappa shape index (κ3) is 5.27. The summed E-state index contributed by atoms with van der Waals surface area (Å²) in [7, 11) is 0. The number of fused-ring (bicyclic) bond motifs is 1. The zero-order valence-corrected chi connectivity index (χ0v) is 20.1. The lowest BCUT2D eigenvalue weighted by Crippen LogP contribution is -2.52. The first-order valence-corrected chi connectivity index (χ1v) is 12.3. The van der Waals surface area contributed by atoms with Crippen molar-refractivity contribution in [1.82, 2.24) is 20.2 Å². The Labute approximate surface area is 208 Å². The highest BCUT2D eigenvalue weighted by Crippen LogP contribution is 2.49. The maximum absolute atomic E-state index is 13.7. The topological polar surface area (TPSA) is 88.4 Å². The minimum Gasteiger partial charge on any atom is -0.487 e. The molecule has 1 fully saturated rings. The molecular weight excluding hydrogens is 466 g/mol. The van der Waals surface area contributed by atoms with Crippen LogP contribution in [0.5, 0.6) is 5.75 Å². The lowest BCUT2D eigenvalue weighted by molar-refractivity contribution is -0.120. The smallest absolute Gasteiger partial charge is 0.217 e. The maximum atomic E-state index is 13.7. The van der Waals surface area contributed by atoms with Crippen molar-refractivity contribution in [2.24, 2.45) is 0 Å². The Morgan fingerprint density at radius 3 is 2.67 bits per heavy atom. The highest BCUT2D eigenvalue weighted by molar-refractivity contribution is 5.73. The lowest BCUT2D eigenvalue weighted by atomic mass is 9.73. The highest BCUT2D eigenvalue weighted by Gasteiger charge is 2.45. The van der Waals surface area contributed by atoms with Crippen LogP contribution in [0.1, 0.15) is 49.8 Å². The van der Waals surface area contributed by atoms with Gasteiger partial charge >= 0.3 is 0 Å². The first-order chi connectivity index (χ1) is 17.3. The van der Waals surface area contributed by atoms with Crippen molar-refractivity contribution < 1.29 is 23.4 Å². The van der Waals surface area contributed by atoms with Crippen LogP contribution in [0.2, 0.25) is 0 Å². The average molecular weight is 497 g/mol. The molecule has 5 rings (SSSR count). The van der Waals surface area contributed by atoms with Gasteiger partial charge in [-0.05, 0) is 61.6 Å². The van der Waals surface area contributed by atoms with E-state index in [1.165, 1.54) is 19.1 Å². The molecule has 0 saturated heterocycles. The summed E-state index contributed by atoms with van der Waals surface area (Å²) in [4.78, 5) is 15.9. The number of hydrogen-bond donors (Lipinski definition) is 3. The molecule has 2 aromatic carbocycles. The molecule has 1 aliphatic carbocycles. The molecule has 0 radical (unpaired) electrons. The first-order valence-electron chi connectivity index (χ1n) is 12.3. The maximum Gasteiger partial charge on any atom is 0.217 e. The molecule has 7 nitrogen and oxygen atoms in total. The summed E-state index contributed by atoms with van der Waals surface area (Å²) in [5, 5.41) is 17.2. The SMILES string of the molecule is CC(=O)N[C@@H](Cc1cc(F)cc(F)c1)[C@H](O)CN[C@H]1CC2(CCC2)Oc2ccc(-n3ccnc3)cc21. The average Bonchev–Trinajstić information content (AvgIpc) is 3.34. The van der Waals surface area contributed by atoms with E-state index in [-0.39, 0.29) is 30.5 Å². The van der Waals surface area contributed by atoms with E-state index in [4.69, 9.17) is 4.74 Å². The molecule has 9 heteroatoms. The number of benzene rings is 2. The van der Waals surface area contributed by atoms with Gasteiger partial charge in [0.25, 0.3) is 0 Å². The van der Waals surface area contributed by atoms with Crippen molar-refractivity contribution >= 4 is 5.91 Å². The van der Waals surface area contributed by atoms with Gasteiger partial charge in [0.1, 0.15) is 23.0 Å². The number of nitrogens with one attached hydrogen (secondary N) is 2. The molecule has 0 unspecified atom stereocenters. The fraction of sp³-hybridized carbons (Fsp3) is 0.407. The Balaban J connectivity index is 1.34. The van der Waals surface area contributed by atoms with Gasteiger partial charge < -0.3 is 25.0 Å². The summed E-state index contributed by atoms with van der Waals surface area (Å²) in [6.45, 7) is 1.53. The number of aliphatic hydroxyl groups is 1. The van der Waals surface area contributed by atoms with Gasteiger partial charge in [-0.25, -0.2) is 13.8 Å². The third-order valence-electron chi connectivity index (χ3n) is 7.14. The number of hydrogen-bond acceptors (Lipinski definition) is 5. The Hall–Kier alpha value is -3.30. The van der Waals surface area contributed by atoms with E-state index in [1.807, 2.05) is 22.9 Å². The molecule has 190 valence electrons. The molecule has 1 amide bonds. The van der Waals surface area contributed by atoms with E-state index in [9.17, 15) is 18.7 Å². The first kappa shape index (κ1) is 24.4. The van der Waals surface area contributed by atoms with Crippen LogP contribution in [0, 0.1) is 11.6 Å². The van der Waals surface area contributed by atoms with Gasteiger partial charge in [-0.15, -0.1) is 0 Å². The number of carbonyl (C=O) groups is 1. The second kappa shape index (κ2) is 9.99. The van der Waals surface area contributed by atoms with Gasteiger partial charge in [-0.1, -0.05) is 0 Å². The number of amides is 1. The van der Waals surface area contributed by atoms with Gasteiger partial charge in [-0.2, -0.15) is 0 Å². The molecule has 2 aliphatic rings. The fourth-order valence-corrected chi connectivity index (χ4v) is 5.22. The molecule has 3 atom stereocenters. The van der Waals surface area contributed by atoms with Gasteiger partial charge in [0.2, 0.25) is 5.91 Å². The number of imidazole rings is 1. The Morgan fingerprint density at radius 2 is 2.03 bits per heavy atom. The van der Waals surface area contributed by atoms with Crippen molar-refractivity contribution in [3.8, 4) is 11.4 Å². The zero-order valence-electron chi connectivity index (χ0n) is 20.1. The Kier molecular flexibility index (Phi) is 6.77. The quantitative estimate of drug-likeness (QED) is 0.444. The van der Waals surface area contributed by atoms with E-state index in [2.05, 4.69) is 21.7 Å². The highest BCUT2D eigenvalue weighted by atomic mass is 19.1. The number of halogens is 2. The fourth-order valence-electron chi connectivity index (χ4n) is 5.22. The summed E-state index contributed by atoms with van der Waals surface area (Å²) in [5.74, 6) is -0.897. The molecule has 1 spiro atoms. The van der Waals surface area contributed by atoms with Crippen LogP contribution in [-0.2, 0) is 11.2 Å². The van der Waals surface area contributed by atoms with Crippen molar-refractivity contribution in [2.45, 2.75) is 62.8 Å². The Morgan fingerprint density at radius 1 is 1.25 bits per heavy atom. The van der Waals surface area contributed by atoms with Gasteiger partial charge in [0, 0.05) is 55.6 Å². The summed E-state index contributed by atoms with van der Waals surface area (Å²) in [5.41, 5.74) is 2.10. The van der Waals surface area contributed by atoms with E-state index >= 15 is 0 Å². The van der Waals surface area contributed by atoms with Crippen LogP contribution in [0.4, 0.5) is 8.78 Å². The number of aliphatic hydroxyl groups excluding tert-OH is 1. The largest absolute Gasteiger partial charge is 0.487 e. The third-order valence-corrected chi connectivity index (χ3v) is 7.14. The second-order valence-corrected chi connectivity index (χ2v) is 9.85. The summed E-state index contributed by atoms with van der Waals surface area (Å²) < 4.78 is 35.7. The van der Waals surface area contributed by atoms with Crippen molar-refractivity contribution in [1.29, 1.82) is 0 Å². The molecule has 3 aromatic rings. The summed E-state index contributed by atoms with van der Waals surface area (Å²) in [6.07, 6.45) is 8.28. The minimum absolute atomic E-state index is 0.0724. The number of nitrogens with zero attached hydrogens (tertiary/aromatic N) is 2. The van der Waals surface area contributed by atoms with Crippen molar-refractivity contribution in [3.63, 3.8) is 0 Å². The lowest BCUT2D eigenvalue weighted by Gasteiger charge is -2.48. The second-order valence-electron chi connectivity index (χ2n) is 9.85. The molecule has 1 saturated carbocycles. The minimum atomic E-state index is -0.985. The number of ether oxygens (including phenoxy) is 1. The monoisotopic (exact) mass is 496 g/mol. The normalized spacial score (nSPS) is 19.6. The molecule has 0 bridgehead atoms. The van der Waals surface area contributed by atoms with Gasteiger partial charge in [0.05, 0.1) is 18.5 Å². The van der Waals surface area contributed by atoms with Crippen LogP contribution < -0.4 is 15.4 Å². The Bertz CT molecular complexity index is 1210. The number of rotatable bonds is 8. The molecular formula is C27H30F2N4O3. The van der Waals surface area contributed by atoms with Crippen LogP contribution in [0.3, 0.4) is 0 Å². The van der Waals surface area contributed by atoms with Crippen LogP contribution >= 0.6 is 0 Å². The van der Waals surface area contributed by atoms with Crippen molar-refractivity contribution in [2.75, 3.05) is 6.54 Å². The zero-order chi connectivity index (χ0) is 25.3. The molecule has 2 heterocycles. The van der Waals surface area contributed by atoms with E-state index in [0.717, 1.165) is 48.8 Å². The van der Waals surface area contributed by atoms with Crippen LogP contribution in [0.15, 0.2) is 55.1 Å². The van der Waals surface area contributed by atoms with Crippen molar-refractivity contribution in [3.05, 3.63) is 77.9 Å². The molecule has 1 aromatic heterocycles. The molecule has 36 heavy (non-hydrogen) atoms. The molecule has 1 aliphatic heterocycles. The van der Waals surface area contributed by atoms with E-state index in [1.54, 1.807) is 12.5 Å². The van der Waals surface area contributed by atoms with E-state index < -0.39 is 23.8 Å². The molecule has 3 N–H and O–H groups in total. The van der Waals surface area contributed by atoms with E-state index in [0.29, 0.717) is 5.56 Å². The number of aromatic nitrogens is 2. The van der Waals surface area contributed by atoms with Gasteiger partial charge in [0.15, 0.2) is 0 Å². The number of carbonyl (C=O) groups excluding carboxylic acids is 1. The standard InChI is InChI=1S/C27H30F2N4O3/c1-17(34)32-23(11-18-9-19(28)12-20(29)10-18)25(35)15-31-24-14-27(5-2-6-27)36-26-4-3-21(13-22(24)26)33-8-7-30-16-33/h3-4,7-10,12-13,16,23-25,31,35H,2,5-6,11,14-15H2,1H3,(H,32,34)/t23-,24-,25+/m0/s1. The van der Waals surface area contributed by atoms with Gasteiger partial charge in [-0.3, -0.25) is 4.79 Å². The van der Waals surface area contributed by atoms with Crippen LogP contribution in [0.25, 0.3) is 5.69 Å².